The Bertz CT molecular complexity index is 852. The highest BCUT2D eigenvalue weighted by molar-refractivity contribution is 5.77. The highest BCUT2D eigenvalue weighted by Crippen LogP contribution is 2.25. The van der Waals surface area contributed by atoms with E-state index in [1.165, 1.54) is 24.1 Å². The van der Waals surface area contributed by atoms with E-state index in [1.807, 2.05) is 0 Å². The van der Waals surface area contributed by atoms with Gasteiger partial charge in [-0.25, -0.2) is 9.18 Å². The van der Waals surface area contributed by atoms with E-state index in [0.29, 0.717) is 45.6 Å². The molecule has 11 heteroatoms. The van der Waals surface area contributed by atoms with Crippen molar-refractivity contribution >= 4 is 12.0 Å². The molecule has 0 saturated carbocycles. The van der Waals surface area contributed by atoms with Crippen molar-refractivity contribution < 1.29 is 37.7 Å². The number of ether oxygens (including phenoxy) is 3. The van der Waals surface area contributed by atoms with Crippen LogP contribution in [0.15, 0.2) is 18.2 Å². The molecule has 2 amide bonds. The first-order chi connectivity index (χ1) is 16.3. The molecule has 0 aliphatic carbocycles. The van der Waals surface area contributed by atoms with Gasteiger partial charge in [0.2, 0.25) is 11.7 Å². The molecule has 2 saturated heterocycles. The van der Waals surface area contributed by atoms with Crippen LogP contribution in [0.25, 0.3) is 0 Å². The summed E-state index contributed by atoms with van der Waals surface area (Å²) in [6.45, 7) is 3.68. The number of β-amino-alcohol motifs (C(OH)–C–C–N with tert-alkyl or cyclic N) is 1. The quantitative estimate of drug-likeness (QED) is 0.626. The number of methoxy groups -OCH3 is 1. The van der Waals surface area contributed by atoms with Gasteiger partial charge in [-0.05, 0) is 31.9 Å². The van der Waals surface area contributed by atoms with Crippen molar-refractivity contribution in [1.82, 2.24) is 14.7 Å². The van der Waals surface area contributed by atoms with Gasteiger partial charge in [0, 0.05) is 45.9 Å². The molecular formula is C23H33F2N3O6. The third-order valence-corrected chi connectivity index (χ3v) is 6.18. The van der Waals surface area contributed by atoms with Gasteiger partial charge in [0.25, 0.3) is 0 Å². The van der Waals surface area contributed by atoms with E-state index < -0.39 is 17.2 Å². The first-order valence-electron chi connectivity index (χ1n) is 11.5. The molecule has 1 aromatic rings. The van der Waals surface area contributed by atoms with Crippen molar-refractivity contribution in [2.75, 3.05) is 66.2 Å². The minimum Gasteiger partial charge on any atom is -0.487 e. The molecule has 2 aliphatic heterocycles. The molecule has 3 rings (SSSR count). The van der Waals surface area contributed by atoms with Crippen molar-refractivity contribution in [3.63, 3.8) is 0 Å². The van der Waals surface area contributed by atoms with Crippen molar-refractivity contribution in [1.29, 1.82) is 0 Å². The normalized spacial score (nSPS) is 22.4. The van der Waals surface area contributed by atoms with Crippen LogP contribution < -0.4 is 4.74 Å². The van der Waals surface area contributed by atoms with Crippen molar-refractivity contribution in [3.05, 3.63) is 29.8 Å². The second-order valence-electron chi connectivity index (χ2n) is 8.70. The minimum absolute atomic E-state index is 0.0374. The van der Waals surface area contributed by atoms with E-state index >= 15 is 0 Å². The number of likely N-dealkylation sites (tertiary alicyclic amines) is 1. The number of halogens is 2. The average Bonchev–Trinajstić information content (AvgIpc) is 3.00. The molecule has 1 aromatic carbocycles. The zero-order valence-electron chi connectivity index (χ0n) is 19.7. The number of hydrogen-bond donors (Lipinski definition) is 1. The maximum Gasteiger partial charge on any atom is 0.409 e. The Morgan fingerprint density at radius 1 is 1.12 bits per heavy atom. The lowest BCUT2D eigenvalue weighted by molar-refractivity contribution is -0.138. The van der Waals surface area contributed by atoms with Gasteiger partial charge in [0.1, 0.15) is 18.8 Å². The molecule has 0 bridgehead atoms. The maximum absolute atomic E-state index is 14.1. The summed E-state index contributed by atoms with van der Waals surface area (Å²) in [6.07, 6.45) is 1.02. The number of nitrogens with zero attached hydrogens (tertiary/aromatic N) is 3. The fourth-order valence-corrected chi connectivity index (χ4v) is 4.46. The summed E-state index contributed by atoms with van der Waals surface area (Å²) in [5.41, 5.74) is -1.53. The minimum atomic E-state index is -1.53. The van der Waals surface area contributed by atoms with E-state index in [-0.39, 0.29) is 50.1 Å². The molecule has 190 valence electrons. The van der Waals surface area contributed by atoms with Gasteiger partial charge in [-0.2, -0.15) is 4.39 Å². The molecule has 2 heterocycles. The molecule has 34 heavy (non-hydrogen) atoms. The molecule has 0 aromatic heterocycles. The predicted octanol–water partition coefficient (Wildman–Crippen LogP) is 1.49. The van der Waals surface area contributed by atoms with Crippen molar-refractivity contribution in [3.8, 4) is 5.75 Å². The summed E-state index contributed by atoms with van der Waals surface area (Å²) >= 11 is 0. The lowest BCUT2D eigenvalue weighted by Gasteiger charge is -2.40. The zero-order valence-corrected chi connectivity index (χ0v) is 19.7. The largest absolute Gasteiger partial charge is 0.487 e. The third-order valence-electron chi connectivity index (χ3n) is 6.18. The van der Waals surface area contributed by atoms with Gasteiger partial charge in [0.05, 0.1) is 13.2 Å². The first kappa shape index (κ1) is 26.1. The Morgan fingerprint density at radius 2 is 1.85 bits per heavy atom. The van der Waals surface area contributed by atoms with Crippen LogP contribution in [0.1, 0.15) is 19.8 Å². The molecule has 9 nitrogen and oxygen atoms in total. The molecule has 0 spiro atoms. The highest BCUT2D eigenvalue weighted by atomic mass is 19.2. The molecule has 0 unspecified atom stereocenters. The number of aliphatic hydroxyl groups is 1. The van der Waals surface area contributed by atoms with Crippen LogP contribution in [0.5, 0.6) is 5.75 Å². The van der Waals surface area contributed by atoms with Crippen LogP contribution in [0.2, 0.25) is 0 Å². The fourth-order valence-electron chi connectivity index (χ4n) is 4.46. The number of piperidine rings is 1. The van der Waals surface area contributed by atoms with Gasteiger partial charge in [-0.3, -0.25) is 9.69 Å². The maximum atomic E-state index is 14.1. The van der Waals surface area contributed by atoms with E-state index in [1.54, 1.807) is 11.8 Å². The monoisotopic (exact) mass is 485 g/mol. The predicted molar refractivity (Wildman–Crippen MR) is 118 cm³/mol. The molecule has 2 fully saturated rings. The molecular weight excluding hydrogens is 452 g/mol. The second-order valence-corrected chi connectivity index (χ2v) is 8.70. The summed E-state index contributed by atoms with van der Waals surface area (Å²) in [6, 6.07) is 3.66. The Morgan fingerprint density at radius 3 is 2.53 bits per heavy atom. The van der Waals surface area contributed by atoms with Crippen LogP contribution in [0, 0.1) is 11.6 Å². The first-order valence-corrected chi connectivity index (χ1v) is 11.5. The van der Waals surface area contributed by atoms with Gasteiger partial charge >= 0.3 is 6.09 Å². The number of rotatable bonds is 7. The lowest BCUT2D eigenvalue weighted by Crippen LogP contribution is -2.55. The molecule has 0 radical (unpaired) electrons. The smallest absolute Gasteiger partial charge is 0.409 e. The number of hydrogen-bond acceptors (Lipinski definition) is 7. The van der Waals surface area contributed by atoms with E-state index in [0.717, 1.165) is 6.07 Å². The second kappa shape index (κ2) is 11.8. The van der Waals surface area contributed by atoms with Crippen LogP contribution in [-0.2, 0) is 14.3 Å². The summed E-state index contributed by atoms with van der Waals surface area (Å²) in [7, 11) is 1.42. The van der Waals surface area contributed by atoms with Crippen LogP contribution in [0.4, 0.5) is 13.6 Å². The zero-order chi connectivity index (χ0) is 24.7. The Kier molecular flexibility index (Phi) is 9.03. The lowest BCUT2D eigenvalue weighted by atomic mass is 9.99. The van der Waals surface area contributed by atoms with Gasteiger partial charge in [-0.1, -0.05) is 6.07 Å². The summed E-state index contributed by atoms with van der Waals surface area (Å²) in [5, 5.41) is 11.5. The third kappa shape index (κ3) is 6.55. The van der Waals surface area contributed by atoms with Gasteiger partial charge in [-0.15, -0.1) is 0 Å². The summed E-state index contributed by atoms with van der Waals surface area (Å²) in [4.78, 5) is 29.8. The van der Waals surface area contributed by atoms with Crippen LogP contribution >= 0.6 is 0 Å². The Balaban J connectivity index is 1.71. The van der Waals surface area contributed by atoms with E-state index in [2.05, 4.69) is 4.90 Å². The number of carbonyl (C=O) groups is 2. The van der Waals surface area contributed by atoms with Crippen molar-refractivity contribution in [2.24, 2.45) is 0 Å². The summed E-state index contributed by atoms with van der Waals surface area (Å²) < 4.78 is 43.2. The Hall–Kier alpha value is -2.50. The molecule has 2 aliphatic rings. The standard InChI is InChI=1S/C23H33F2N3O6/c1-3-33-22(30)26-9-7-17(8-10-26)27-11-12-28(20(29)13-32-2)15-23(31,14-27)16-34-19-6-4-5-18(24)21(19)25/h4-6,17,31H,3,7-16H2,1-2H3/t23-/m1/s1. The number of benzene rings is 1. The SMILES string of the molecule is CCOC(=O)N1CCC(N2CCN(C(=O)COC)C[C@@](O)(COc3cccc(F)c3F)C2)CC1. The van der Waals surface area contributed by atoms with Crippen LogP contribution in [0.3, 0.4) is 0 Å². The number of amides is 2. The number of carbonyl (C=O) groups excluding carboxylic acids is 2. The van der Waals surface area contributed by atoms with E-state index in [4.69, 9.17) is 14.2 Å². The summed E-state index contributed by atoms with van der Waals surface area (Å²) in [5.74, 6) is -2.76. The van der Waals surface area contributed by atoms with Crippen molar-refractivity contribution in [2.45, 2.75) is 31.4 Å². The molecule has 1 atom stereocenters. The van der Waals surface area contributed by atoms with E-state index in [9.17, 15) is 23.5 Å². The fraction of sp³-hybridized carbons (Fsp3) is 0.652. The van der Waals surface area contributed by atoms with Gasteiger partial charge in [0.15, 0.2) is 11.6 Å². The Labute approximate surface area is 198 Å². The molecule has 1 N–H and O–H groups in total. The average molecular weight is 486 g/mol. The van der Waals surface area contributed by atoms with Crippen LogP contribution in [-0.4, -0.2) is 110 Å². The highest BCUT2D eigenvalue weighted by Gasteiger charge is 2.40. The van der Waals surface area contributed by atoms with Gasteiger partial charge < -0.3 is 29.1 Å². The topological polar surface area (TPSA) is 91.8 Å².